The summed E-state index contributed by atoms with van der Waals surface area (Å²) in [6, 6.07) is 21.0. The first kappa shape index (κ1) is 30.3. The minimum absolute atomic E-state index is 0.0926. The Kier molecular flexibility index (Phi) is 11.2. The standard InChI is InChI=1S/C31H37ClIN3O4/c1-33(2)36-17-7-11-26(20-36)40-31(39)35-29-18-22(13-16-27(29)23-9-4-3-5-10-23)8-6-12-30(38)34-25-15-14-24(21-37)28(32)19-25/h3-5,9-10,13-16,18-19,26,37H,6-8,11-12,17,20-21H2,1-2H3,(H,34,38)(H,35,39). The second-order valence-corrected chi connectivity index (χ2v) is 15.9. The van der Waals surface area contributed by atoms with E-state index in [9.17, 15) is 14.7 Å². The fourth-order valence-electron chi connectivity index (χ4n) is 4.74. The minimum atomic E-state index is -1.10. The zero-order valence-corrected chi connectivity index (χ0v) is 25.9. The molecule has 1 unspecified atom stereocenters. The number of hydrogen-bond donors (Lipinski definition) is 3. The molecular weight excluding hydrogens is 641 g/mol. The predicted octanol–water partition coefficient (Wildman–Crippen LogP) is 7.15. The van der Waals surface area contributed by atoms with Gasteiger partial charge in [0.05, 0.1) is 6.61 Å². The van der Waals surface area contributed by atoms with E-state index in [1.165, 1.54) is 0 Å². The Labute approximate surface area is 249 Å². The van der Waals surface area contributed by atoms with E-state index in [1.807, 2.05) is 48.5 Å². The summed E-state index contributed by atoms with van der Waals surface area (Å²) in [4.78, 5) is 30.1. The van der Waals surface area contributed by atoms with Gasteiger partial charge >= 0.3 is 176 Å². The summed E-state index contributed by atoms with van der Waals surface area (Å²) in [6.45, 7) is 1.77. The van der Waals surface area contributed by atoms with Gasteiger partial charge in [-0.25, -0.2) is 0 Å². The van der Waals surface area contributed by atoms with Crippen LogP contribution in [0.2, 0.25) is 5.02 Å². The van der Waals surface area contributed by atoms with E-state index in [2.05, 4.69) is 23.6 Å². The quantitative estimate of drug-likeness (QED) is 0.120. The molecule has 1 aliphatic heterocycles. The van der Waals surface area contributed by atoms with Crippen LogP contribution in [0.4, 0.5) is 16.2 Å². The monoisotopic (exact) mass is 677 g/mol. The molecule has 1 heterocycles. The van der Waals surface area contributed by atoms with Crippen molar-refractivity contribution in [3.8, 4) is 11.1 Å². The maximum atomic E-state index is 13.0. The van der Waals surface area contributed by atoms with Crippen molar-refractivity contribution in [1.29, 1.82) is 0 Å². The molecule has 2 amide bonds. The Morgan fingerprint density at radius 2 is 1.88 bits per heavy atom. The van der Waals surface area contributed by atoms with Crippen molar-refractivity contribution in [1.82, 2.24) is 3.11 Å². The molecule has 0 spiro atoms. The van der Waals surface area contributed by atoms with Crippen molar-refractivity contribution in [2.24, 2.45) is 0 Å². The van der Waals surface area contributed by atoms with Gasteiger partial charge in [-0.3, -0.25) is 4.79 Å². The molecule has 9 heteroatoms. The summed E-state index contributed by atoms with van der Waals surface area (Å²) in [7, 11) is 0. The van der Waals surface area contributed by atoms with Crippen molar-refractivity contribution in [3.05, 3.63) is 82.9 Å². The van der Waals surface area contributed by atoms with Gasteiger partial charge in [-0.1, -0.05) is 17.7 Å². The van der Waals surface area contributed by atoms with Crippen LogP contribution in [-0.2, 0) is 22.6 Å². The summed E-state index contributed by atoms with van der Waals surface area (Å²) in [5.41, 5.74) is 4.86. The number of nitrogens with one attached hydrogen (secondary N) is 2. The fourth-order valence-corrected chi connectivity index (χ4v) is 7.51. The molecule has 0 aromatic heterocycles. The van der Waals surface area contributed by atoms with Crippen LogP contribution in [0.25, 0.3) is 11.1 Å². The molecule has 0 radical (unpaired) electrons. The first-order chi connectivity index (χ1) is 19.3. The second kappa shape index (κ2) is 14.8. The number of carbonyl (C=O) groups is 2. The normalized spacial score (nSPS) is 15.8. The molecule has 3 aromatic rings. The first-order valence-electron chi connectivity index (χ1n) is 13.4. The zero-order valence-electron chi connectivity index (χ0n) is 23.0. The number of aliphatic hydroxyl groups excluding tert-OH is 1. The summed E-state index contributed by atoms with van der Waals surface area (Å²) >= 11 is 5.03. The second-order valence-electron chi connectivity index (χ2n) is 9.99. The van der Waals surface area contributed by atoms with Crippen LogP contribution in [0.3, 0.4) is 0 Å². The molecule has 0 saturated carbocycles. The van der Waals surface area contributed by atoms with Crippen molar-refractivity contribution >= 4 is 55.1 Å². The molecular formula is C31H37ClIN3O4. The predicted molar refractivity (Wildman–Crippen MR) is 171 cm³/mol. The Hall–Kier alpha value is -2.66. The number of piperidine rings is 1. The average molecular weight is 678 g/mol. The van der Waals surface area contributed by atoms with Crippen molar-refractivity contribution < 1.29 is 19.4 Å². The van der Waals surface area contributed by atoms with Crippen molar-refractivity contribution in [2.75, 3.05) is 33.6 Å². The van der Waals surface area contributed by atoms with Gasteiger partial charge in [0, 0.05) is 10.7 Å². The molecule has 214 valence electrons. The third kappa shape index (κ3) is 8.67. The number of amides is 2. The van der Waals surface area contributed by atoms with E-state index in [0.717, 1.165) is 42.6 Å². The number of rotatable bonds is 10. The summed E-state index contributed by atoms with van der Waals surface area (Å²) < 4.78 is 8.35. The van der Waals surface area contributed by atoms with E-state index in [4.69, 9.17) is 16.3 Å². The van der Waals surface area contributed by atoms with E-state index in [1.54, 1.807) is 18.2 Å². The number of aryl methyl sites for hydroxylation is 1. The Balaban J connectivity index is 1.39. The number of carbonyl (C=O) groups excluding carboxylic acids is 2. The molecule has 1 saturated heterocycles. The van der Waals surface area contributed by atoms with Crippen LogP contribution < -0.4 is 10.6 Å². The third-order valence-electron chi connectivity index (χ3n) is 6.86. The van der Waals surface area contributed by atoms with Gasteiger partial charge in [-0.15, -0.1) is 0 Å². The summed E-state index contributed by atoms with van der Waals surface area (Å²) in [6.07, 6.45) is 3.06. The Morgan fingerprint density at radius 3 is 2.60 bits per heavy atom. The Bertz CT molecular complexity index is 1300. The third-order valence-corrected chi connectivity index (χ3v) is 10.8. The van der Waals surface area contributed by atoms with Crippen molar-refractivity contribution in [3.63, 3.8) is 0 Å². The number of hydrogen-bond acceptors (Lipinski definition) is 5. The molecule has 1 aliphatic rings. The summed E-state index contributed by atoms with van der Waals surface area (Å²) in [5, 5.41) is 15.5. The topological polar surface area (TPSA) is 90.9 Å². The van der Waals surface area contributed by atoms with Crippen LogP contribution in [0.5, 0.6) is 0 Å². The van der Waals surface area contributed by atoms with Gasteiger partial charge in [0.1, 0.15) is 0 Å². The van der Waals surface area contributed by atoms with E-state index < -0.39 is 26.2 Å². The number of aliphatic hydroxyl groups is 1. The number of nitrogens with zero attached hydrogens (tertiary/aromatic N) is 1. The molecule has 3 aromatic carbocycles. The number of alkyl halides is 2. The molecule has 3 N–H and O–H groups in total. The van der Waals surface area contributed by atoms with Crippen LogP contribution in [0, 0.1) is 0 Å². The maximum absolute atomic E-state index is 13.0. The fraction of sp³-hybridized carbons (Fsp3) is 0.355. The van der Waals surface area contributed by atoms with Gasteiger partial charge in [0.25, 0.3) is 0 Å². The molecule has 0 aliphatic carbocycles. The van der Waals surface area contributed by atoms with Gasteiger partial charge in [-0.05, 0) is 17.7 Å². The Morgan fingerprint density at radius 1 is 1.07 bits per heavy atom. The molecule has 0 bridgehead atoms. The van der Waals surface area contributed by atoms with Gasteiger partial charge in [-0.2, -0.15) is 0 Å². The van der Waals surface area contributed by atoms with Gasteiger partial charge < -0.3 is 10.4 Å². The first-order valence-corrected chi connectivity index (χ1v) is 19.1. The van der Waals surface area contributed by atoms with Crippen molar-refractivity contribution in [2.45, 2.75) is 44.8 Å². The van der Waals surface area contributed by atoms with Gasteiger partial charge in [0.15, 0.2) is 0 Å². The molecule has 7 nitrogen and oxygen atoms in total. The average Bonchev–Trinajstić information content (AvgIpc) is 2.94. The van der Waals surface area contributed by atoms with Crippen LogP contribution >= 0.6 is 31.7 Å². The SMILES string of the molecule is CI(C)N1CCCC(OC(=O)Nc2cc(CCCC(=O)Nc3ccc(CO)c(Cl)c3)ccc2-c2ccccc2)C1. The number of anilines is 2. The van der Waals surface area contributed by atoms with Crippen LogP contribution in [-0.4, -0.2) is 49.3 Å². The molecule has 40 heavy (non-hydrogen) atoms. The molecule has 4 rings (SSSR count). The number of benzene rings is 3. The zero-order chi connectivity index (χ0) is 28.5. The van der Waals surface area contributed by atoms with Crippen LogP contribution in [0.1, 0.15) is 36.8 Å². The molecule has 1 atom stereocenters. The number of ether oxygens (including phenoxy) is 1. The van der Waals surface area contributed by atoms with E-state index in [0.29, 0.717) is 41.2 Å². The van der Waals surface area contributed by atoms with E-state index >= 15 is 0 Å². The van der Waals surface area contributed by atoms with E-state index in [-0.39, 0.29) is 18.6 Å². The van der Waals surface area contributed by atoms with Crippen LogP contribution in [0.15, 0.2) is 66.7 Å². The van der Waals surface area contributed by atoms with Gasteiger partial charge in [0.2, 0.25) is 5.91 Å². The number of halogens is 2. The molecule has 1 fully saturated rings. The summed E-state index contributed by atoms with van der Waals surface area (Å²) in [5.74, 6) is -0.109.